The Morgan fingerprint density at radius 2 is 1.76 bits per heavy atom. The third-order valence-corrected chi connectivity index (χ3v) is 4.90. The molecule has 3 aliphatic heterocycles. The van der Waals surface area contributed by atoms with Crippen molar-refractivity contribution in [3.8, 4) is 17.3 Å². The van der Waals surface area contributed by atoms with Crippen LogP contribution in [-0.2, 0) is 11.3 Å². The lowest BCUT2D eigenvalue weighted by Gasteiger charge is -2.41. The number of phenols is 1. The van der Waals surface area contributed by atoms with Crippen molar-refractivity contribution in [2.45, 2.75) is 37.2 Å². The SMILES string of the molecule is OC[C@H]1OC(n2cnc(NCc3ccc(O)cc3)c3ncnc2-3)[C@H](O)[C@@H](O)[C@@H]1O. The molecule has 0 aliphatic carbocycles. The summed E-state index contributed by atoms with van der Waals surface area (Å²) in [7, 11) is 0. The van der Waals surface area contributed by atoms with Crippen molar-refractivity contribution in [1.29, 1.82) is 0 Å². The topological polar surface area (TPSA) is 166 Å². The number of rotatable bonds is 5. The van der Waals surface area contributed by atoms with E-state index in [0.29, 0.717) is 23.9 Å². The summed E-state index contributed by atoms with van der Waals surface area (Å²) in [4.78, 5) is 12.7. The van der Waals surface area contributed by atoms with Gasteiger partial charge >= 0.3 is 0 Å². The van der Waals surface area contributed by atoms with Gasteiger partial charge in [-0.25, -0.2) is 15.0 Å². The highest BCUT2D eigenvalue weighted by Crippen LogP contribution is 2.33. The number of anilines is 1. The van der Waals surface area contributed by atoms with Crippen molar-refractivity contribution in [3.05, 3.63) is 42.5 Å². The van der Waals surface area contributed by atoms with Crippen LogP contribution in [0, 0.1) is 0 Å². The first-order valence-electron chi connectivity index (χ1n) is 8.99. The summed E-state index contributed by atoms with van der Waals surface area (Å²) in [5.41, 5.74) is 1.34. The molecule has 1 aromatic rings. The van der Waals surface area contributed by atoms with Gasteiger partial charge in [0.2, 0.25) is 0 Å². The van der Waals surface area contributed by atoms with Crippen LogP contribution in [0.15, 0.2) is 36.9 Å². The van der Waals surface area contributed by atoms with E-state index in [1.807, 2.05) is 0 Å². The number of aromatic nitrogens is 4. The number of aliphatic hydroxyl groups is 4. The monoisotopic (exact) mass is 403 g/mol. The molecule has 0 spiro atoms. The summed E-state index contributed by atoms with van der Waals surface area (Å²) in [5.74, 6) is 0.973. The van der Waals surface area contributed by atoms with Crippen molar-refractivity contribution in [2.75, 3.05) is 11.9 Å². The summed E-state index contributed by atoms with van der Waals surface area (Å²) >= 11 is 0. The van der Waals surface area contributed by atoms with Gasteiger partial charge in [0.05, 0.1) is 6.61 Å². The van der Waals surface area contributed by atoms with Crippen molar-refractivity contribution in [2.24, 2.45) is 0 Å². The molecule has 1 unspecified atom stereocenters. The molecule has 1 saturated heterocycles. The first-order valence-corrected chi connectivity index (χ1v) is 8.99. The summed E-state index contributed by atoms with van der Waals surface area (Å²) in [6, 6.07) is 6.71. The van der Waals surface area contributed by atoms with Crippen LogP contribution in [0.2, 0.25) is 0 Å². The van der Waals surface area contributed by atoms with Gasteiger partial charge < -0.3 is 35.6 Å². The van der Waals surface area contributed by atoms with Gasteiger partial charge in [-0.15, -0.1) is 0 Å². The lowest BCUT2D eigenvalue weighted by Crippen LogP contribution is -2.56. The van der Waals surface area contributed by atoms with Gasteiger partial charge in [-0.2, -0.15) is 0 Å². The molecule has 6 N–H and O–H groups in total. The van der Waals surface area contributed by atoms with Crippen molar-refractivity contribution in [1.82, 2.24) is 19.5 Å². The summed E-state index contributed by atoms with van der Waals surface area (Å²) in [5, 5.41) is 52.3. The van der Waals surface area contributed by atoms with Crippen LogP contribution in [0.5, 0.6) is 5.75 Å². The van der Waals surface area contributed by atoms with Crippen LogP contribution in [0.25, 0.3) is 11.5 Å². The molecule has 3 heterocycles. The van der Waals surface area contributed by atoms with Gasteiger partial charge in [0.1, 0.15) is 42.8 Å². The Morgan fingerprint density at radius 1 is 1.00 bits per heavy atom. The number of ether oxygens (including phenoxy) is 1. The molecule has 3 aliphatic rings. The maximum Gasteiger partial charge on any atom is 0.167 e. The molecule has 5 atom stereocenters. The second-order valence-corrected chi connectivity index (χ2v) is 6.79. The van der Waals surface area contributed by atoms with Gasteiger partial charge in [0.15, 0.2) is 23.6 Å². The molecular formula is C18H21N5O6. The number of hydrogen-bond donors (Lipinski definition) is 6. The third-order valence-electron chi connectivity index (χ3n) is 4.90. The quantitative estimate of drug-likeness (QED) is 0.313. The van der Waals surface area contributed by atoms with E-state index >= 15 is 0 Å². The van der Waals surface area contributed by atoms with Gasteiger partial charge in [-0.05, 0) is 17.7 Å². The molecule has 154 valence electrons. The minimum Gasteiger partial charge on any atom is -0.508 e. The maximum atomic E-state index is 10.4. The molecule has 0 saturated carbocycles. The number of nitrogens with one attached hydrogen (secondary N) is 1. The molecule has 0 radical (unpaired) electrons. The van der Waals surface area contributed by atoms with E-state index in [2.05, 4.69) is 20.3 Å². The Bertz CT molecular complexity index is 933. The highest BCUT2D eigenvalue weighted by atomic mass is 16.6. The number of aromatic hydroxyl groups is 1. The molecule has 11 nitrogen and oxygen atoms in total. The lowest BCUT2D eigenvalue weighted by molar-refractivity contribution is -0.251. The van der Waals surface area contributed by atoms with E-state index in [9.17, 15) is 25.5 Å². The fraction of sp³-hybridized carbons (Fsp3) is 0.389. The van der Waals surface area contributed by atoms with E-state index in [4.69, 9.17) is 4.74 Å². The van der Waals surface area contributed by atoms with Gasteiger partial charge in [0.25, 0.3) is 0 Å². The highest BCUT2D eigenvalue weighted by Gasteiger charge is 2.45. The summed E-state index contributed by atoms with van der Waals surface area (Å²) in [6.45, 7) is -0.100. The van der Waals surface area contributed by atoms with Crippen molar-refractivity contribution >= 4 is 5.82 Å². The van der Waals surface area contributed by atoms with E-state index in [1.165, 1.54) is 17.2 Å². The van der Waals surface area contributed by atoms with E-state index < -0.39 is 37.3 Å². The van der Waals surface area contributed by atoms with E-state index in [1.54, 1.807) is 24.3 Å². The molecule has 1 aromatic carbocycles. The average Bonchev–Trinajstić information content (AvgIpc) is 3.22. The van der Waals surface area contributed by atoms with Crippen LogP contribution in [-0.4, -0.2) is 76.1 Å². The van der Waals surface area contributed by atoms with Crippen LogP contribution in [0.4, 0.5) is 5.82 Å². The van der Waals surface area contributed by atoms with Gasteiger partial charge in [0, 0.05) is 6.54 Å². The molecule has 1 fully saturated rings. The molecule has 0 bridgehead atoms. The predicted molar refractivity (Wildman–Crippen MR) is 98.9 cm³/mol. The van der Waals surface area contributed by atoms with Gasteiger partial charge in [-0.3, -0.25) is 4.57 Å². The Kier molecular flexibility index (Phi) is 5.30. The smallest absolute Gasteiger partial charge is 0.167 e. The van der Waals surface area contributed by atoms with Crippen molar-refractivity contribution in [3.63, 3.8) is 0 Å². The normalized spacial score (nSPS) is 27.2. The van der Waals surface area contributed by atoms with Crippen LogP contribution in [0.1, 0.15) is 11.8 Å². The zero-order chi connectivity index (χ0) is 20.5. The Hall–Kier alpha value is -2.83. The number of nitrogens with zero attached hydrogens (tertiary/aromatic N) is 4. The van der Waals surface area contributed by atoms with E-state index in [-0.39, 0.29) is 5.75 Å². The average molecular weight is 403 g/mol. The van der Waals surface area contributed by atoms with Crippen LogP contribution < -0.4 is 5.32 Å². The first-order chi connectivity index (χ1) is 14.0. The van der Waals surface area contributed by atoms with Crippen LogP contribution in [0.3, 0.4) is 0 Å². The number of benzene rings is 1. The molecule has 0 amide bonds. The molecular weight excluding hydrogens is 382 g/mol. The predicted octanol–water partition coefficient (Wildman–Crippen LogP) is -0.932. The first kappa shape index (κ1) is 19.5. The number of phenolic OH excluding ortho intramolecular Hbond substituents is 1. The Balaban J connectivity index is 1.60. The zero-order valence-electron chi connectivity index (χ0n) is 15.2. The zero-order valence-corrected chi connectivity index (χ0v) is 15.2. The maximum absolute atomic E-state index is 10.4. The van der Waals surface area contributed by atoms with Crippen molar-refractivity contribution < 1.29 is 30.3 Å². The standard InChI is InChI=1S/C18H21N5O6/c24-6-11-13(26)14(27)15(28)18(29-11)23-8-22-16(12-17(23)21-7-20-12)19-5-9-1-3-10(25)4-2-9/h1-4,7-8,11,13-15,18-19,24-28H,5-6H2/t11-,13-,14+,15-,18?/m1/s1. The fourth-order valence-corrected chi connectivity index (χ4v) is 3.28. The Labute approximate surface area is 165 Å². The number of imidazole rings is 1. The molecule has 4 rings (SSSR count). The Morgan fingerprint density at radius 3 is 2.48 bits per heavy atom. The van der Waals surface area contributed by atoms with Gasteiger partial charge in [-0.1, -0.05) is 12.1 Å². The lowest BCUT2D eigenvalue weighted by atomic mass is 9.98. The number of hydrogen-bond acceptors (Lipinski definition) is 10. The van der Waals surface area contributed by atoms with E-state index in [0.717, 1.165) is 5.56 Å². The van der Waals surface area contributed by atoms with Crippen LogP contribution >= 0.6 is 0 Å². The number of aliphatic hydroxyl groups excluding tert-OH is 4. The third kappa shape index (κ3) is 3.61. The second kappa shape index (κ2) is 7.89. The second-order valence-electron chi connectivity index (χ2n) is 6.79. The highest BCUT2D eigenvalue weighted by molar-refractivity contribution is 5.67. The molecule has 29 heavy (non-hydrogen) atoms. The molecule has 0 aromatic heterocycles. The number of fused-ring (bicyclic) bond motifs is 1. The fourth-order valence-electron chi connectivity index (χ4n) is 3.28. The summed E-state index contributed by atoms with van der Waals surface area (Å²) in [6.07, 6.45) is -3.88. The molecule has 11 heteroatoms. The minimum atomic E-state index is -1.51. The summed E-state index contributed by atoms with van der Waals surface area (Å²) < 4.78 is 6.97. The minimum absolute atomic E-state index is 0.177. The largest absolute Gasteiger partial charge is 0.508 e.